The number of carbonyl (C=O) groups is 2. The summed E-state index contributed by atoms with van der Waals surface area (Å²) in [6, 6.07) is 9.93. The van der Waals surface area contributed by atoms with Gasteiger partial charge in [-0.25, -0.2) is 9.37 Å². The van der Waals surface area contributed by atoms with Crippen LogP contribution in [0.2, 0.25) is 5.02 Å². The molecular formula is C25H27ClFN5O2. The molecule has 1 aliphatic rings. The first kappa shape index (κ1) is 23.9. The van der Waals surface area contributed by atoms with Gasteiger partial charge < -0.3 is 15.2 Å². The number of hydrogen-bond acceptors (Lipinski definition) is 4. The SMILES string of the molecule is Cc1cccc2nc(NC(=O)c3cccc(Cl)c3F)n(C3CCCCN(C(=O)/C=C/CN)C3)c12. The number of nitrogens with two attached hydrogens (primary N) is 1. The highest BCUT2D eigenvalue weighted by Crippen LogP contribution is 2.32. The molecule has 34 heavy (non-hydrogen) atoms. The maximum absolute atomic E-state index is 14.5. The number of nitrogens with one attached hydrogen (secondary N) is 1. The van der Waals surface area contributed by atoms with Crippen LogP contribution in [0.15, 0.2) is 48.6 Å². The molecule has 0 bridgehead atoms. The van der Waals surface area contributed by atoms with Crippen molar-refractivity contribution in [3.8, 4) is 0 Å². The fourth-order valence-corrected chi connectivity index (χ4v) is 4.59. The van der Waals surface area contributed by atoms with Gasteiger partial charge in [-0.2, -0.15) is 0 Å². The number of halogens is 2. The number of aromatic nitrogens is 2. The van der Waals surface area contributed by atoms with E-state index in [4.69, 9.17) is 17.3 Å². The second-order valence-electron chi connectivity index (χ2n) is 8.38. The molecule has 0 saturated carbocycles. The number of carbonyl (C=O) groups excluding carboxylic acids is 2. The van der Waals surface area contributed by atoms with Gasteiger partial charge in [0.1, 0.15) is 0 Å². The van der Waals surface area contributed by atoms with Gasteiger partial charge in [0.05, 0.1) is 27.7 Å². The maximum Gasteiger partial charge on any atom is 0.261 e. The van der Waals surface area contributed by atoms with Crippen molar-refractivity contribution in [2.75, 3.05) is 25.0 Å². The predicted octanol–water partition coefficient (Wildman–Crippen LogP) is 4.46. The van der Waals surface area contributed by atoms with Gasteiger partial charge in [0, 0.05) is 25.7 Å². The van der Waals surface area contributed by atoms with Crippen molar-refractivity contribution in [2.45, 2.75) is 32.2 Å². The quantitative estimate of drug-likeness (QED) is 0.524. The lowest BCUT2D eigenvalue weighted by atomic mass is 10.1. The molecule has 1 fully saturated rings. The number of aryl methyl sites for hydroxylation is 1. The first-order valence-electron chi connectivity index (χ1n) is 11.3. The second-order valence-corrected chi connectivity index (χ2v) is 8.78. The van der Waals surface area contributed by atoms with Crippen molar-refractivity contribution in [3.63, 3.8) is 0 Å². The van der Waals surface area contributed by atoms with E-state index in [0.29, 0.717) is 31.1 Å². The molecule has 7 nitrogen and oxygen atoms in total. The topological polar surface area (TPSA) is 93.2 Å². The third-order valence-electron chi connectivity index (χ3n) is 6.05. The standard InChI is InChI=1S/C25H27ClFN5O2/c1-16-7-4-11-20-23(16)32(17-8-2-3-14-31(15-17)21(33)12-6-13-28)25(29-20)30-24(34)18-9-5-10-19(26)22(18)27/h4-7,9-12,17H,2-3,8,13-15,28H2,1H3,(H,29,30,34)/b12-6+. The van der Waals surface area contributed by atoms with Crippen LogP contribution in [0, 0.1) is 12.7 Å². The van der Waals surface area contributed by atoms with Crippen LogP contribution in [0.4, 0.5) is 10.3 Å². The van der Waals surface area contributed by atoms with Crippen LogP contribution in [0.5, 0.6) is 0 Å². The molecule has 2 amide bonds. The van der Waals surface area contributed by atoms with Crippen molar-refractivity contribution in [2.24, 2.45) is 5.73 Å². The second kappa shape index (κ2) is 10.4. The van der Waals surface area contributed by atoms with Gasteiger partial charge in [-0.1, -0.05) is 35.9 Å². The zero-order chi connectivity index (χ0) is 24.2. The normalized spacial score (nSPS) is 16.7. The molecule has 1 atom stereocenters. The Morgan fingerprint density at radius 3 is 2.85 bits per heavy atom. The van der Waals surface area contributed by atoms with Crippen molar-refractivity contribution in [3.05, 3.63) is 70.5 Å². The minimum Gasteiger partial charge on any atom is -0.337 e. The minimum atomic E-state index is -0.779. The highest BCUT2D eigenvalue weighted by molar-refractivity contribution is 6.31. The molecule has 178 valence electrons. The summed E-state index contributed by atoms with van der Waals surface area (Å²) < 4.78 is 16.5. The summed E-state index contributed by atoms with van der Waals surface area (Å²) in [5.74, 6) is -1.20. The van der Waals surface area contributed by atoms with E-state index in [1.165, 1.54) is 24.3 Å². The van der Waals surface area contributed by atoms with E-state index in [1.54, 1.807) is 11.0 Å². The van der Waals surface area contributed by atoms with Crippen molar-refractivity contribution >= 4 is 40.4 Å². The number of benzene rings is 2. The van der Waals surface area contributed by atoms with E-state index in [-0.39, 0.29) is 22.5 Å². The Hall–Kier alpha value is -3.23. The highest BCUT2D eigenvalue weighted by atomic mass is 35.5. The molecule has 2 heterocycles. The number of likely N-dealkylation sites (tertiary alicyclic amines) is 1. The fourth-order valence-electron chi connectivity index (χ4n) is 4.42. The number of hydrogen-bond donors (Lipinski definition) is 2. The summed E-state index contributed by atoms with van der Waals surface area (Å²) in [5.41, 5.74) is 7.93. The number of anilines is 1. The Kier molecular flexibility index (Phi) is 7.29. The molecule has 1 unspecified atom stereocenters. The number of fused-ring (bicyclic) bond motifs is 1. The number of amides is 2. The number of imidazole rings is 1. The van der Waals surface area contributed by atoms with Crippen LogP contribution in [0.1, 0.15) is 41.2 Å². The van der Waals surface area contributed by atoms with E-state index in [1.807, 2.05) is 29.7 Å². The molecular weight excluding hydrogens is 457 g/mol. The zero-order valence-corrected chi connectivity index (χ0v) is 19.7. The molecule has 9 heteroatoms. The maximum atomic E-state index is 14.5. The van der Waals surface area contributed by atoms with Crippen molar-refractivity contribution in [1.29, 1.82) is 0 Å². The van der Waals surface area contributed by atoms with E-state index >= 15 is 0 Å². The lowest BCUT2D eigenvalue weighted by Gasteiger charge is -2.26. The van der Waals surface area contributed by atoms with Gasteiger partial charge in [-0.15, -0.1) is 0 Å². The lowest BCUT2D eigenvalue weighted by Crippen LogP contribution is -2.34. The lowest BCUT2D eigenvalue weighted by molar-refractivity contribution is -0.126. The Morgan fingerprint density at radius 1 is 1.26 bits per heavy atom. The molecule has 1 aromatic heterocycles. The summed E-state index contributed by atoms with van der Waals surface area (Å²) in [4.78, 5) is 32.2. The van der Waals surface area contributed by atoms with Crippen LogP contribution in [-0.4, -0.2) is 45.9 Å². The summed E-state index contributed by atoms with van der Waals surface area (Å²) in [7, 11) is 0. The average molecular weight is 484 g/mol. The van der Waals surface area contributed by atoms with E-state index in [2.05, 4.69) is 10.3 Å². The molecule has 4 rings (SSSR count). The zero-order valence-electron chi connectivity index (χ0n) is 18.9. The first-order valence-corrected chi connectivity index (χ1v) is 11.7. The van der Waals surface area contributed by atoms with Crippen LogP contribution < -0.4 is 11.1 Å². The number of rotatable bonds is 5. The Morgan fingerprint density at radius 2 is 2.06 bits per heavy atom. The number of nitrogens with zero attached hydrogens (tertiary/aromatic N) is 3. The highest BCUT2D eigenvalue weighted by Gasteiger charge is 2.27. The molecule has 0 spiro atoms. The van der Waals surface area contributed by atoms with Crippen LogP contribution in [-0.2, 0) is 4.79 Å². The molecule has 3 N–H and O–H groups in total. The monoisotopic (exact) mass is 483 g/mol. The Labute approximate surface area is 202 Å². The average Bonchev–Trinajstić information content (AvgIpc) is 3.01. The predicted molar refractivity (Wildman–Crippen MR) is 131 cm³/mol. The Balaban J connectivity index is 1.74. The molecule has 0 radical (unpaired) electrons. The minimum absolute atomic E-state index is 0.0925. The number of para-hydroxylation sites is 1. The third-order valence-corrected chi connectivity index (χ3v) is 6.35. The van der Waals surface area contributed by atoms with Crippen LogP contribution in [0.3, 0.4) is 0 Å². The van der Waals surface area contributed by atoms with Gasteiger partial charge in [-0.3, -0.25) is 14.9 Å². The van der Waals surface area contributed by atoms with Gasteiger partial charge >= 0.3 is 0 Å². The molecule has 2 aromatic carbocycles. The van der Waals surface area contributed by atoms with E-state index < -0.39 is 11.7 Å². The first-order chi connectivity index (χ1) is 16.4. The molecule has 1 aliphatic heterocycles. The largest absolute Gasteiger partial charge is 0.337 e. The van der Waals surface area contributed by atoms with E-state index in [9.17, 15) is 14.0 Å². The summed E-state index contributed by atoms with van der Waals surface area (Å²) in [6.07, 6.45) is 5.74. The van der Waals surface area contributed by atoms with Crippen molar-refractivity contribution < 1.29 is 14.0 Å². The summed E-state index contributed by atoms with van der Waals surface area (Å²) in [6.45, 7) is 3.38. The fraction of sp³-hybridized carbons (Fsp3) is 0.320. The summed E-state index contributed by atoms with van der Waals surface area (Å²) >= 11 is 5.87. The third kappa shape index (κ3) is 4.83. The smallest absolute Gasteiger partial charge is 0.261 e. The van der Waals surface area contributed by atoms with Crippen LogP contribution in [0.25, 0.3) is 11.0 Å². The van der Waals surface area contributed by atoms with Gasteiger partial charge in [0.2, 0.25) is 11.9 Å². The van der Waals surface area contributed by atoms with Gasteiger partial charge in [0.15, 0.2) is 5.82 Å². The van der Waals surface area contributed by atoms with Crippen molar-refractivity contribution in [1.82, 2.24) is 14.5 Å². The van der Waals surface area contributed by atoms with Crippen LogP contribution >= 0.6 is 11.6 Å². The molecule has 0 aliphatic carbocycles. The van der Waals surface area contributed by atoms with Gasteiger partial charge in [0.25, 0.3) is 5.91 Å². The summed E-state index contributed by atoms with van der Waals surface area (Å²) in [5, 5.41) is 2.66. The van der Waals surface area contributed by atoms with Gasteiger partial charge in [-0.05, 0) is 49.9 Å². The van der Waals surface area contributed by atoms with E-state index in [0.717, 1.165) is 30.3 Å². The molecule has 3 aromatic rings. The Bertz CT molecular complexity index is 1260. The molecule has 1 saturated heterocycles.